The fourth-order valence-electron chi connectivity index (χ4n) is 1.88. The van der Waals surface area contributed by atoms with Crippen LogP contribution in [0.2, 0.25) is 0 Å². The van der Waals surface area contributed by atoms with Crippen molar-refractivity contribution in [2.45, 2.75) is 25.3 Å². The Balaban J connectivity index is 2.11. The average Bonchev–Trinajstić information content (AvgIpc) is 3.13. The van der Waals surface area contributed by atoms with Crippen molar-refractivity contribution in [1.29, 1.82) is 0 Å². The van der Waals surface area contributed by atoms with Gasteiger partial charge in [0.25, 0.3) is 0 Å². The van der Waals surface area contributed by atoms with Crippen LogP contribution in [0.1, 0.15) is 30.1 Å². The van der Waals surface area contributed by atoms with Crippen molar-refractivity contribution in [3.63, 3.8) is 0 Å². The summed E-state index contributed by atoms with van der Waals surface area (Å²) in [5, 5.41) is 2.73. The number of hydrogen-bond donors (Lipinski definition) is 3. The molecule has 5 heteroatoms. The highest BCUT2D eigenvalue weighted by Gasteiger charge is 2.44. The number of nitrogens with two attached hydrogens (primary N) is 2. The first-order valence-corrected chi connectivity index (χ1v) is 5.91. The third-order valence-corrected chi connectivity index (χ3v) is 3.32. The fourth-order valence-corrected chi connectivity index (χ4v) is 1.88. The van der Waals surface area contributed by atoms with Crippen LogP contribution in [0.3, 0.4) is 0 Å². The van der Waals surface area contributed by atoms with E-state index < -0.39 is 11.4 Å². The molecule has 1 fully saturated rings. The van der Waals surface area contributed by atoms with E-state index in [1.807, 2.05) is 0 Å². The maximum atomic E-state index is 12.0. The zero-order valence-corrected chi connectivity index (χ0v) is 10.3. The van der Waals surface area contributed by atoms with Gasteiger partial charge < -0.3 is 16.8 Å². The molecule has 18 heavy (non-hydrogen) atoms. The molecule has 2 rings (SSSR count). The van der Waals surface area contributed by atoms with Crippen LogP contribution in [-0.4, -0.2) is 17.4 Å². The van der Waals surface area contributed by atoms with Crippen molar-refractivity contribution in [2.75, 3.05) is 5.32 Å². The Labute approximate surface area is 106 Å². The summed E-state index contributed by atoms with van der Waals surface area (Å²) in [5.41, 5.74) is 11.2. The number of rotatable bonds is 4. The number of carbonyl (C=O) groups is 2. The standard InChI is InChI=1S/C13H17N3O2/c1-13(15,9-5-6-9)12(18)16-10-4-2-3-8(7-10)11(14)17/h2-4,7,9H,5-6,15H2,1H3,(H2,14,17)(H,16,18). The minimum absolute atomic E-state index is 0.230. The second-order valence-electron chi connectivity index (χ2n) is 4.96. The molecule has 1 aromatic carbocycles. The number of carbonyl (C=O) groups excluding carboxylic acids is 2. The lowest BCUT2D eigenvalue weighted by molar-refractivity contribution is -0.121. The lowest BCUT2D eigenvalue weighted by Crippen LogP contribution is -2.50. The molecule has 5 nitrogen and oxygen atoms in total. The van der Waals surface area contributed by atoms with Gasteiger partial charge in [-0.15, -0.1) is 0 Å². The predicted molar refractivity (Wildman–Crippen MR) is 68.9 cm³/mol. The van der Waals surface area contributed by atoms with Crippen LogP contribution in [0.15, 0.2) is 24.3 Å². The van der Waals surface area contributed by atoms with Gasteiger partial charge in [-0.05, 0) is 43.9 Å². The summed E-state index contributed by atoms with van der Waals surface area (Å²) in [7, 11) is 0. The van der Waals surface area contributed by atoms with Gasteiger partial charge in [0.05, 0.1) is 5.54 Å². The van der Waals surface area contributed by atoms with E-state index in [0.717, 1.165) is 12.8 Å². The second kappa shape index (κ2) is 4.42. The van der Waals surface area contributed by atoms with Gasteiger partial charge in [0, 0.05) is 11.3 Å². The normalized spacial score (nSPS) is 17.9. The predicted octanol–water partition coefficient (Wildman–Crippen LogP) is 0.851. The summed E-state index contributed by atoms with van der Waals surface area (Å²) in [6.45, 7) is 1.73. The third-order valence-electron chi connectivity index (χ3n) is 3.32. The number of nitrogens with one attached hydrogen (secondary N) is 1. The Kier molecular flexibility index (Phi) is 3.09. The number of amides is 2. The van der Waals surface area contributed by atoms with Crippen LogP contribution in [0, 0.1) is 5.92 Å². The summed E-state index contributed by atoms with van der Waals surface area (Å²) >= 11 is 0. The summed E-state index contributed by atoms with van der Waals surface area (Å²) < 4.78 is 0. The third kappa shape index (κ3) is 2.51. The maximum Gasteiger partial charge on any atom is 0.248 e. The zero-order chi connectivity index (χ0) is 13.3. The fraction of sp³-hybridized carbons (Fsp3) is 0.385. The molecule has 96 valence electrons. The van der Waals surface area contributed by atoms with Crippen LogP contribution in [0.4, 0.5) is 5.69 Å². The quantitative estimate of drug-likeness (QED) is 0.735. The first-order valence-electron chi connectivity index (χ1n) is 5.91. The van der Waals surface area contributed by atoms with Gasteiger partial charge in [0.15, 0.2) is 0 Å². The molecule has 1 atom stereocenters. The van der Waals surface area contributed by atoms with Crippen LogP contribution >= 0.6 is 0 Å². The molecule has 0 aromatic heterocycles. The van der Waals surface area contributed by atoms with Crippen LogP contribution in [-0.2, 0) is 4.79 Å². The van der Waals surface area contributed by atoms with Crippen molar-refractivity contribution >= 4 is 17.5 Å². The Morgan fingerprint density at radius 2 is 2.06 bits per heavy atom. The molecule has 0 saturated heterocycles. The van der Waals surface area contributed by atoms with Crippen LogP contribution < -0.4 is 16.8 Å². The molecular formula is C13H17N3O2. The maximum absolute atomic E-state index is 12.0. The van der Waals surface area contributed by atoms with Crippen LogP contribution in [0.5, 0.6) is 0 Å². The molecular weight excluding hydrogens is 230 g/mol. The molecule has 0 spiro atoms. The van der Waals surface area contributed by atoms with Gasteiger partial charge in [-0.3, -0.25) is 9.59 Å². The van der Waals surface area contributed by atoms with Gasteiger partial charge in [-0.2, -0.15) is 0 Å². The van der Waals surface area contributed by atoms with E-state index in [1.165, 1.54) is 0 Å². The van der Waals surface area contributed by atoms with Crippen molar-refractivity contribution in [1.82, 2.24) is 0 Å². The van der Waals surface area contributed by atoms with Gasteiger partial charge in [0.1, 0.15) is 0 Å². The minimum atomic E-state index is -0.858. The molecule has 1 saturated carbocycles. The summed E-state index contributed by atoms with van der Waals surface area (Å²) in [4.78, 5) is 23.1. The Hall–Kier alpha value is -1.88. The van der Waals surface area contributed by atoms with Gasteiger partial charge in [0.2, 0.25) is 11.8 Å². The topological polar surface area (TPSA) is 98.2 Å². The average molecular weight is 247 g/mol. The lowest BCUT2D eigenvalue weighted by Gasteiger charge is -2.23. The number of hydrogen-bond acceptors (Lipinski definition) is 3. The van der Waals surface area contributed by atoms with E-state index in [9.17, 15) is 9.59 Å². The molecule has 1 aromatic rings. The largest absolute Gasteiger partial charge is 0.366 e. The summed E-state index contributed by atoms with van der Waals surface area (Å²) in [6.07, 6.45) is 1.98. The number of primary amides is 1. The van der Waals surface area contributed by atoms with E-state index in [1.54, 1.807) is 31.2 Å². The Morgan fingerprint density at radius 3 is 2.61 bits per heavy atom. The molecule has 1 unspecified atom stereocenters. The van der Waals surface area contributed by atoms with Gasteiger partial charge in [-0.1, -0.05) is 6.07 Å². The highest BCUT2D eigenvalue weighted by Crippen LogP contribution is 2.38. The van der Waals surface area contributed by atoms with Crippen LogP contribution in [0.25, 0.3) is 0 Å². The first-order chi connectivity index (χ1) is 8.41. The molecule has 2 amide bonds. The van der Waals surface area contributed by atoms with E-state index in [2.05, 4.69) is 5.32 Å². The van der Waals surface area contributed by atoms with E-state index in [0.29, 0.717) is 11.3 Å². The van der Waals surface area contributed by atoms with E-state index in [4.69, 9.17) is 11.5 Å². The number of anilines is 1. The monoisotopic (exact) mass is 247 g/mol. The van der Waals surface area contributed by atoms with Gasteiger partial charge >= 0.3 is 0 Å². The molecule has 5 N–H and O–H groups in total. The highest BCUT2D eigenvalue weighted by atomic mass is 16.2. The zero-order valence-electron chi connectivity index (χ0n) is 10.3. The van der Waals surface area contributed by atoms with Crippen molar-refractivity contribution in [2.24, 2.45) is 17.4 Å². The Bertz CT molecular complexity index is 493. The molecule has 1 aliphatic rings. The van der Waals surface area contributed by atoms with E-state index in [-0.39, 0.29) is 11.8 Å². The SMILES string of the molecule is CC(N)(C(=O)Nc1cccc(C(N)=O)c1)C1CC1. The molecule has 0 bridgehead atoms. The number of benzene rings is 1. The molecule has 0 aliphatic heterocycles. The first kappa shape index (κ1) is 12.6. The van der Waals surface area contributed by atoms with Crippen molar-refractivity contribution in [3.05, 3.63) is 29.8 Å². The second-order valence-corrected chi connectivity index (χ2v) is 4.96. The molecule has 0 heterocycles. The summed E-state index contributed by atoms with van der Waals surface area (Å²) in [5.74, 6) is -0.507. The van der Waals surface area contributed by atoms with E-state index >= 15 is 0 Å². The Morgan fingerprint density at radius 1 is 1.39 bits per heavy atom. The van der Waals surface area contributed by atoms with Gasteiger partial charge in [-0.25, -0.2) is 0 Å². The molecule has 0 radical (unpaired) electrons. The highest BCUT2D eigenvalue weighted by molar-refractivity contribution is 6.00. The van der Waals surface area contributed by atoms with Crippen molar-refractivity contribution in [3.8, 4) is 0 Å². The summed E-state index contributed by atoms with van der Waals surface area (Å²) in [6, 6.07) is 6.51. The lowest BCUT2D eigenvalue weighted by atomic mass is 9.96. The molecule has 1 aliphatic carbocycles. The smallest absolute Gasteiger partial charge is 0.248 e. The van der Waals surface area contributed by atoms with Crippen molar-refractivity contribution < 1.29 is 9.59 Å². The minimum Gasteiger partial charge on any atom is -0.366 e.